The molecule has 0 aliphatic rings. The fourth-order valence-corrected chi connectivity index (χ4v) is 1.54. The van der Waals surface area contributed by atoms with Crippen LogP contribution >= 0.6 is 0 Å². The van der Waals surface area contributed by atoms with Crippen LogP contribution in [-0.4, -0.2) is 13.2 Å². The Bertz CT molecular complexity index is 314. The van der Waals surface area contributed by atoms with Crippen LogP contribution in [-0.2, 0) is 0 Å². The molecule has 1 unspecified atom stereocenters. The summed E-state index contributed by atoms with van der Waals surface area (Å²) in [4.78, 5) is 0. The molecule has 0 aliphatic heterocycles. The molecule has 1 atom stereocenters. The fraction of sp³-hybridized carbons (Fsp3) is 0.500. The molecule has 0 saturated carbocycles. The predicted molar refractivity (Wildman–Crippen MR) is 60.9 cm³/mol. The van der Waals surface area contributed by atoms with Gasteiger partial charge < -0.3 is 10.1 Å². The maximum absolute atomic E-state index is 13.1. The van der Waals surface area contributed by atoms with Gasteiger partial charge in [-0.25, -0.2) is 4.39 Å². The minimum absolute atomic E-state index is 0.281. The van der Waals surface area contributed by atoms with Crippen molar-refractivity contribution in [2.24, 2.45) is 0 Å². The van der Waals surface area contributed by atoms with Crippen LogP contribution in [0.15, 0.2) is 18.2 Å². The molecule has 0 bridgehead atoms. The van der Waals surface area contributed by atoms with Crippen LogP contribution < -0.4 is 10.1 Å². The summed E-state index contributed by atoms with van der Waals surface area (Å²) in [7, 11) is 1.47. The van der Waals surface area contributed by atoms with Gasteiger partial charge in [-0.3, -0.25) is 0 Å². The molecule has 0 aromatic heterocycles. The predicted octanol–water partition coefficient (Wildman–Crippen LogP) is 3.43. The Morgan fingerprint density at radius 2 is 2.20 bits per heavy atom. The second kappa shape index (κ2) is 5.59. The van der Waals surface area contributed by atoms with Gasteiger partial charge in [-0.2, -0.15) is 0 Å². The third kappa shape index (κ3) is 3.42. The summed E-state index contributed by atoms with van der Waals surface area (Å²) < 4.78 is 18.0. The Morgan fingerprint density at radius 3 is 2.80 bits per heavy atom. The van der Waals surface area contributed by atoms with Crippen molar-refractivity contribution in [3.05, 3.63) is 24.0 Å². The van der Waals surface area contributed by atoms with E-state index in [4.69, 9.17) is 4.74 Å². The summed E-state index contributed by atoms with van der Waals surface area (Å²) in [6.07, 6.45) is 2.23. The SMILES string of the molecule is CCCC(C)Nc1ccc(F)c(OC)c1. The monoisotopic (exact) mass is 211 g/mol. The first-order chi connectivity index (χ1) is 7.17. The van der Waals surface area contributed by atoms with E-state index >= 15 is 0 Å². The Hall–Kier alpha value is -1.25. The van der Waals surface area contributed by atoms with Gasteiger partial charge in [0.2, 0.25) is 0 Å². The molecule has 0 radical (unpaired) electrons. The lowest BCUT2D eigenvalue weighted by Gasteiger charge is -2.15. The van der Waals surface area contributed by atoms with Crippen molar-refractivity contribution >= 4 is 5.69 Å². The van der Waals surface area contributed by atoms with E-state index in [0.29, 0.717) is 6.04 Å². The number of halogens is 1. The Balaban J connectivity index is 2.69. The van der Waals surface area contributed by atoms with E-state index in [0.717, 1.165) is 18.5 Å². The van der Waals surface area contributed by atoms with Crippen LogP contribution in [0.3, 0.4) is 0 Å². The first kappa shape index (κ1) is 11.8. The van der Waals surface area contributed by atoms with E-state index < -0.39 is 0 Å². The Kier molecular flexibility index (Phi) is 4.40. The lowest BCUT2D eigenvalue weighted by atomic mass is 10.2. The number of nitrogens with one attached hydrogen (secondary N) is 1. The van der Waals surface area contributed by atoms with E-state index in [1.54, 1.807) is 12.1 Å². The van der Waals surface area contributed by atoms with Gasteiger partial charge in [0.25, 0.3) is 0 Å². The molecule has 0 aliphatic carbocycles. The van der Waals surface area contributed by atoms with Crippen molar-refractivity contribution in [3.63, 3.8) is 0 Å². The van der Waals surface area contributed by atoms with Gasteiger partial charge in [0.1, 0.15) is 0 Å². The molecule has 15 heavy (non-hydrogen) atoms. The highest BCUT2D eigenvalue weighted by Crippen LogP contribution is 2.22. The second-order valence-electron chi connectivity index (χ2n) is 3.68. The number of benzene rings is 1. The highest BCUT2D eigenvalue weighted by Gasteiger charge is 2.05. The van der Waals surface area contributed by atoms with Crippen LogP contribution in [0.2, 0.25) is 0 Å². The van der Waals surface area contributed by atoms with E-state index in [9.17, 15) is 4.39 Å². The smallest absolute Gasteiger partial charge is 0.165 e. The van der Waals surface area contributed by atoms with Crippen molar-refractivity contribution in [3.8, 4) is 5.75 Å². The van der Waals surface area contributed by atoms with Gasteiger partial charge in [0.15, 0.2) is 11.6 Å². The van der Waals surface area contributed by atoms with Gasteiger partial charge in [-0.05, 0) is 25.5 Å². The third-order valence-corrected chi connectivity index (χ3v) is 2.29. The summed E-state index contributed by atoms with van der Waals surface area (Å²) in [6.45, 7) is 4.25. The summed E-state index contributed by atoms with van der Waals surface area (Å²) in [5.74, 6) is -0.0464. The van der Waals surface area contributed by atoms with Crippen LogP contribution in [0.1, 0.15) is 26.7 Å². The fourth-order valence-electron chi connectivity index (χ4n) is 1.54. The first-order valence-electron chi connectivity index (χ1n) is 5.27. The van der Waals surface area contributed by atoms with Crippen LogP contribution in [0.5, 0.6) is 5.75 Å². The summed E-state index contributed by atoms with van der Waals surface area (Å²) in [5, 5.41) is 3.30. The average molecular weight is 211 g/mol. The Labute approximate surface area is 90.4 Å². The van der Waals surface area contributed by atoms with Gasteiger partial charge in [-0.1, -0.05) is 13.3 Å². The van der Waals surface area contributed by atoms with E-state index in [-0.39, 0.29) is 11.6 Å². The lowest BCUT2D eigenvalue weighted by Crippen LogP contribution is -2.14. The molecular weight excluding hydrogens is 193 g/mol. The van der Waals surface area contributed by atoms with Crippen LogP contribution in [0.25, 0.3) is 0 Å². The van der Waals surface area contributed by atoms with Crippen LogP contribution in [0.4, 0.5) is 10.1 Å². The average Bonchev–Trinajstić information content (AvgIpc) is 2.21. The number of rotatable bonds is 5. The number of ether oxygens (including phenoxy) is 1. The van der Waals surface area contributed by atoms with E-state index in [1.165, 1.54) is 13.2 Å². The molecule has 1 N–H and O–H groups in total. The van der Waals surface area contributed by atoms with E-state index in [1.807, 2.05) is 0 Å². The second-order valence-corrected chi connectivity index (χ2v) is 3.68. The molecule has 3 heteroatoms. The lowest BCUT2D eigenvalue weighted by molar-refractivity contribution is 0.386. The molecular formula is C12H18FNO. The highest BCUT2D eigenvalue weighted by molar-refractivity contribution is 5.49. The molecule has 0 amide bonds. The van der Waals surface area contributed by atoms with Gasteiger partial charge >= 0.3 is 0 Å². The standard InChI is InChI=1S/C12H18FNO/c1-4-5-9(2)14-10-6-7-11(13)12(8-10)15-3/h6-9,14H,4-5H2,1-3H3. The van der Waals surface area contributed by atoms with Crippen LogP contribution in [0, 0.1) is 5.82 Å². The van der Waals surface area contributed by atoms with Crippen molar-refractivity contribution in [1.29, 1.82) is 0 Å². The topological polar surface area (TPSA) is 21.3 Å². The van der Waals surface area contributed by atoms with Gasteiger partial charge in [0.05, 0.1) is 7.11 Å². The zero-order chi connectivity index (χ0) is 11.3. The largest absolute Gasteiger partial charge is 0.494 e. The molecule has 0 saturated heterocycles. The minimum atomic E-state index is -0.328. The minimum Gasteiger partial charge on any atom is -0.494 e. The number of anilines is 1. The third-order valence-electron chi connectivity index (χ3n) is 2.29. The molecule has 0 spiro atoms. The maximum atomic E-state index is 13.1. The first-order valence-corrected chi connectivity index (χ1v) is 5.27. The van der Waals surface area contributed by atoms with Crippen molar-refractivity contribution in [2.45, 2.75) is 32.7 Å². The van der Waals surface area contributed by atoms with E-state index in [2.05, 4.69) is 19.2 Å². The van der Waals surface area contributed by atoms with Crippen molar-refractivity contribution < 1.29 is 9.13 Å². The molecule has 1 aromatic carbocycles. The zero-order valence-electron chi connectivity index (χ0n) is 9.51. The van der Waals surface area contributed by atoms with Crippen molar-refractivity contribution in [2.75, 3.05) is 12.4 Å². The summed E-state index contributed by atoms with van der Waals surface area (Å²) >= 11 is 0. The molecule has 1 rings (SSSR count). The molecule has 84 valence electrons. The molecule has 0 heterocycles. The number of hydrogen-bond acceptors (Lipinski definition) is 2. The van der Waals surface area contributed by atoms with Gasteiger partial charge in [0, 0.05) is 17.8 Å². The van der Waals surface area contributed by atoms with Crippen molar-refractivity contribution in [1.82, 2.24) is 0 Å². The normalized spacial score (nSPS) is 12.3. The number of hydrogen-bond donors (Lipinski definition) is 1. The zero-order valence-corrected chi connectivity index (χ0v) is 9.51. The molecule has 2 nitrogen and oxygen atoms in total. The van der Waals surface area contributed by atoms with Gasteiger partial charge in [-0.15, -0.1) is 0 Å². The quantitative estimate of drug-likeness (QED) is 0.805. The maximum Gasteiger partial charge on any atom is 0.165 e. The highest BCUT2D eigenvalue weighted by atomic mass is 19.1. The molecule has 0 fully saturated rings. The summed E-state index contributed by atoms with van der Waals surface area (Å²) in [6, 6.07) is 5.22. The number of methoxy groups -OCH3 is 1. The Morgan fingerprint density at radius 1 is 1.47 bits per heavy atom. The summed E-state index contributed by atoms with van der Waals surface area (Å²) in [5.41, 5.74) is 0.897. The molecule has 1 aromatic rings.